The van der Waals surface area contributed by atoms with E-state index in [0.29, 0.717) is 0 Å². The Morgan fingerprint density at radius 1 is 1.07 bits per heavy atom. The number of aromatic nitrogens is 2. The van der Waals surface area contributed by atoms with Crippen LogP contribution in [-0.2, 0) is 0 Å². The van der Waals surface area contributed by atoms with Crippen molar-refractivity contribution in [1.82, 2.24) is 9.38 Å². The Balaban J connectivity index is 0.000000461. The Bertz CT molecular complexity index is 427. The van der Waals surface area contributed by atoms with Crippen LogP contribution in [0.5, 0.6) is 0 Å². The van der Waals surface area contributed by atoms with E-state index in [1.807, 2.05) is 27.7 Å². The van der Waals surface area contributed by atoms with E-state index in [-0.39, 0.29) is 0 Å². The second-order valence-corrected chi connectivity index (χ2v) is 3.20. The molecule has 2 heterocycles. The summed E-state index contributed by atoms with van der Waals surface area (Å²) in [6, 6.07) is 4.22. The zero-order valence-electron chi connectivity index (χ0n) is 9.63. The molecule has 0 aliphatic heterocycles. The number of nitrogens with zero attached hydrogens (tertiary/aromatic N) is 2. The first-order valence-corrected chi connectivity index (χ1v) is 5.10. The van der Waals surface area contributed by atoms with Gasteiger partial charge in [-0.2, -0.15) is 0 Å². The minimum atomic E-state index is 1.07. The molecule has 2 heteroatoms. The molecule has 0 N–H and O–H groups in total. The molecule has 2 aromatic heterocycles. The average molecular weight is 190 g/mol. The Kier molecular flexibility index (Phi) is 3.28. The van der Waals surface area contributed by atoms with Crippen molar-refractivity contribution in [2.75, 3.05) is 0 Å². The summed E-state index contributed by atoms with van der Waals surface area (Å²) in [4.78, 5) is 4.39. The van der Waals surface area contributed by atoms with E-state index < -0.39 is 0 Å². The van der Waals surface area contributed by atoms with E-state index >= 15 is 0 Å². The van der Waals surface area contributed by atoms with Crippen molar-refractivity contribution >= 4 is 5.52 Å². The first-order chi connectivity index (χ1) is 6.68. The van der Waals surface area contributed by atoms with Crippen molar-refractivity contribution in [3.8, 4) is 0 Å². The minimum absolute atomic E-state index is 1.07. The maximum Gasteiger partial charge on any atom is 0.0666 e. The second-order valence-electron chi connectivity index (χ2n) is 3.20. The summed E-state index contributed by atoms with van der Waals surface area (Å²) in [6.07, 6.45) is 2.07. The zero-order chi connectivity index (χ0) is 10.7. The lowest BCUT2D eigenvalue weighted by Crippen LogP contribution is -1.94. The molecular formula is C12H18N2. The van der Waals surface area contributed by atoms with Crippen molar-refractivity contribution in [2.24, 2.45) is 0 Å². The lowest BCUT2D eigenvalue weighted by Gasteiger charge is -2.02. The standard InChI is InChI=1S/C10H12N2.C2H6/c1-7-6-12-8(2)4-5-10(12)9(3)11-7;1-2/h4-6H,1-3H3;1-2H3. The Morgan fingerprint density at radius 2 is 1.71 bits per heavy atom. The molecule has 76 valence electrons. The van der Waals surface area contributed by atoms with Crippen LogP contribution in [0.3, 0.4) is 0 Å². The van der Waals surface area contributed by atoms with Gasteiger partial charge in [0.15, 0.2) is 0 Å². The minimum Gasteiger partial charge on any atom is -0.318 e. The smallest absolute Gasteiger partial charge is 0.0666 e. The molecular weight excluding hydrogens is 172 g/mol. The number of hydrogen-bond acceptors (Lipinski definition) is 1. The van der Waals surface area contributed by atoms with Gasteiger partial charge in [0, 0.05) is 11.9 Å². The normalized spacial score (nSPS) is 9.79. The second kappa shape index (κ2) is 4.27. The van der Waals surface area contributed by atoms with Gasteiger partial charge in [0.2, 0.25) is 0 Å². The van der Waals surface area contributed by atoms with E-state index in [1.165, 1.54) is 11.2 Å². The molecule has 0 fully saturated rings. The van der Waals surface area contributed by atoms with Gasteiger partial charge >= 0.3 is 0 Å². The molecule has 2 rings (SSSR count). The molecule has 0 aromatic carbocycles. The van der Waals surface area contributed by atoms with Crippen LogP contribution in [0.4, 0.5) is 0 Å². The number of aryl methyl sites for hydroxylation is 3. The van der Waals surface area contributed by atoms with Crippen LogP contribution in [0.1, 0.15) is 30.9 Å². The largest absolute Gasteiger partial charge is 0.318 e. The summed E-state index contributed by atoms with van der Waals surface area (Å²) in [5, 5.41) is 0. The third kappa shape index (κ3) is 1.79. The quantitative estimate of drug-likeness (QED) is 0.623. The van der Waals surface area contributed by atoms with Crippen LogP contribution in [0.2, 0.25) is 0 Å². The Hall–Kier alpha value is -1.31. The van der Waals surface area contributed by atoms with Crippen molar-refractivity contribution in [3.63, 3.8) is 0 Å². The lowest BCUT2D eigenvalue weighted by molar-refractivity contribution is 1.01. The molecule has 0 unspecified atom stereocenters. The molecule has 0 spiro atoms. The fourth-order valence-corrected chi connectivity index (χ4v) is 1.55. The van der Waals surface area contributed by atoms with E-state index in [1.54, 1.807) is 0 Å². The first kappa shape index (κ1) is 10.8. The predicted molar refractivity (Wildman–Crippen MR) is 60.8 cm³/mol. The number of rotatable bonds is 0. The molecule has 0 saturated carbocycles. The monoisotopic (exact) mass is 190 g/mol. The number of hydrogen-bond donors (Lipinski definition) is 0. The zero-order valence-corrected chi connectivity index (χ0v) is 9.63. The fourth-order valence-electron chi connectivity index (χ4n) is 1.55. The van der Waals surface area contributed by atoms with Crippen LogP contribution < -0.4 is 0 Å². The molecule has 0 atom stereocenters. The summed E-state index contributed by atoms with van der Waals surface area (Å²) >= 11 is 0. The van der Waals surface area contributed by atoms with Gasteiger partial charge in [-0.1, -0.05) is 13.8 Å². The molecule has 2 aromatic rings. The molecule has 14 heavy (non-hydrogen) atoms. The van der Waals surface area contributed by atoms with Crippen LogP contribution in [0.15, 0.2) is 18.3 Å². The van der Waals surface area contributed by atoms with Gasteiger partial charge in [-0.15, -0.1) is 0 Å². The summed E-state index contributed by atoms with van der Waals surface area (Å²) in [6.45, 7) is 10.2. The highest BCUT2D eigenvalue weighted by molar-refractivity contribution is 5.53. The highest BCUT2D eigenvalue weighted by atomic mass is 14.9. The van der Waals surface area contributed by atoms with Gasteiger partial charge in [-0.3, -0.25) is 4.98 Å². The lowest BCUT2D eigenvalue weighted by atomic mass is 10.3. The van der Waals surface area contributed by atoms with Crippen molar-refractivity contribution in [2.45, 2.75) is 34.6 Å². The molecule has 0 aliphatic rings. The van der Waals surface area contributed by atoms with Gasteiger partial charge < -0.3 is 4.40 Å². The summed E-state index contributed by atoms with van der Waals surface area (Å²) in [7, 11) is 0. The van der Waals surface area contributed by atoms with Crippen molar-refractivity contribution in [1.29, 1.82) is 0 Å². The maximum absolute atomic E-state index is 4.39. The van der Waals surface area contributed by atoms with Crippen LogP contribution in [-0.4, -0.2) is 9.38 Å². The summed E-state index contributed by atoms with van der Waals surface area (Å²) in [5.74, 6) is 0. The molecule has 0 saturated heterocycles. The van der Waals surface area contributed by atoms with E-state index in [0.717, 1.165) is 11.4 Å². The number of fused-ring (bicyclic) bond motifs is 1. The van der Waals surface area contributed by atoms with Gasteiger partial charge in [0.05, 0.1) is 16.9 Å². The van der Waals surface area contributed by atoms with E-state index in [2.05, 4.69) is 34.6 Å². The third-order valence-corrected chi connectivity index (χ3v) is 2.15. The first-order valence-electron chi connectivity index (χ1n) is 5.10. The highest BCUT2D eigenvalue weighted by Crippen LogP contribution is 2.12. The van der Waals surface area contributed by atoms with Crippen LogP contribution in [0.25, 0.3) is 5.52 Å². The molecule has 2 nitrogen and oxygen atoms in total. The van der Waals surface area contributed by atoms with Gasteiger partial charge in [-0.05, 0) is 32.9 Å². The van der Waals surface area contributed by atoms with Crippen molar-refractivity contribution in [3.05, 3.63) is 35.4 Å². The Labute approximate surface area is 85.6 Å². The topological polar surface area (TPSA) is 17.3 Å². The molecule has 0 bridgehead atoms. The predicted octanol–water partition coefficient (Wildman–Crippen LogP) is 3.29. The van der Waals surface area contributed by atoms with E-state index in [4.69, 9.17) is 0 Å². The average Bonchev–Trinajstić information content (AvgIpc) is 2.52. The summed E-state index contributed by atoms with van der Waals surface area (Å²) in [5.41, 5.74) is 4.64. The fraction of sp³-hybridized carbons (Fsp3) is 0.417. The summed E-state index contributed by atoms with van der Waals surface area (Å²) < 4.78 is 2.18. The maximum atomic E-state index is 4.39. The highest BCUT2D eigenvalue weighted by Gasteiger charge is 2.01. The van der Waals surface area contributed by atoms with Crippen LogP contribution in [0, 0.1) is 20.8 Å². The van der Waals surface area contributed by atoms with Gasteiger partial charge in [0.25, 0.3) is 0 Å². The Morgan fingerprint density at radius 3 is 2.36 bits per heavy atom. The molecule has 0 amide bonds. The molecule has 0 radical (unpaired) electrons. The van der Waals surface area contributed by atoms with Gasteiger partial charge in [0.1, 0.15) is 0 Å². The SMILES string of the molecule is CC.Cc1cn2c(C)ccc2c(C)n1. The van der Waals surface area contributed by atoms with Gasteiger partial charge in [-0.25, -0.2) is 0 Å². The molecule has 0 aliphatic carbocycles. The van der Waals surface area contributed by atoms with Crippen LogP contribution >= 0.6 is 0 Å². The third-order valence-electron chi connectivity index (χ3n) is 2.15. The van der Waals surface area contributed by atoms with Crippen molar-refractivity contribution < 1.29 is 0 Å². The van der Waals surface area contributed by atoms with E-state index in [9.17, 15) is 0 Å².